The van der Waals surface area contributed by atoms with Crippen molar-refractivity contribution < 1.29 is 9.53 Å². The third-order valence-electron chi connectivity index (χ3n) is 6.55. The molecule has 0 spiro atoms. The Labute approximate surface area is 205 Å². The first kappa shape index (κ1) is 24.5. The van der Waals surface area contributed by atoms with Gasteiger partial charge in [0, 0.05) is 20.2 Å². The van der Waals surface area contributed by atoms with Crippen molar-refractivity contribution in [2.75, 3.05) is 26.8 Å². The summed E-state index contributed by atoms with van der Waals surface area (Å²) < 4.78 is 6.98. The smallest absolute Gasteiger partial charge is 0.262 e. The highest BCUT2D eigenvalue weighted by molar-refractivity contribution is 8.00. The molecule has 4 rings (SSSR count). The van der Waals surface area contributed by atoms with E-state index in [-0.39, 0.29) is 22.8 Å². The second-order valence-electron chi connectivity index (χ2n) is 9.11. The highest BCUT2D eigenvalue weighted by atomic mass is 32.2. The van der Waals surface area contributed by atoms with Gasteiger partial charge in [-0.25, -0.2) is 4.98 Å². The minimum absolute atomic E-state index is 0.0981. The molecule has 2 atom stereocenters. The van der Waals surface area contributed by atoms with Crippen molar-refractivity contribution in [1.29, 1.82) is 0 Å². The summed E-state index contributed by atoms with van der Waals surface area (Å²) in [5, 5.41) is 0.807. The SMILES string of the molecule is COCC(C)n1c(SC(C)C(=O)N2CCC(Cc3ccccc3)CC2)nc2ccccc2c1=O. The topological polar surface area (TPSA) is 64.4 Å². The Morgan fingerprint density at radius 1 is 1.09 bits per heavy atom. The average molecular weight is 480 g/mol. The number of likely N-dealkylation sites (tertiary alicyclic amines) is 1. The summed E-state index contributed by atoms with van der Waals surface area (Å²) in [7, 11) is 1.62. The monoisotopic (exact) mass is 479 g/mol. The summed E-state index contributed by atoms with van der Waals surface area (Å²) in [6.07, 6.45) is 3.10. The van der Waals surface area contributed by atoms with Crippen LogP contribution in [0.25, 0.3) is 10.9 Å². The normalized spacial score (nSPS) is 16.5. The molecular formula is C27H33N3O3S. The molecule has 7 heteroatoms. The Bertz CT molecular complexity index is 1170. The van der Waals surface area contributed by atoms with Crippen LogP contribution < -0.4 is 5.56 Å². The van der Waals surface area contributed by atoms with Crippen molar-refractivity contribution in [2.24, 2.45) is 5.92 Å². The van der Waals surface area contributed by atoms with Gasteiger partial charge in [0.15, 0.2) is 5.16 Å². The van der Waals surface area contributed by atoms with Crippen LogP contribution in [0.1, 0.15) is 38.3 Å². The van der Waals surface area contributed by atoms with Crippen LogP contribution in [0.4, 0.5) is 0 Å². The molecule has 2 unspecified atom stereocenters. The number of carbonyl (C=O) groups excluding carboxylic acids is 1. The zero-order valence-electron chi connectivity index (χ0n) is 20.1. The zero-order chi connectivity index (χ0) is 24.1. The number of carbonyl (C=O) groups is 1. The lowest BCUT2D eigenvalue weighted by molar-refractivity contribution is -0.131. The molecule has 180 valence electrons. The van der Waals surface area contributed by atoms with Gasteiger partial charge in [-0.05, 0) is 56.7 Å². The van der Waals surface area contributed by atoms with E-state index in [1.807, 2.05) is 43.0 Å². The van der Waals surface area contributed by atoms with Gasteiger partial charge in [0.1, 0.15) is 0 Å². The van der Waals surface area contributed by atoms with Crippen molar-refractivity contribution in [2.45, 2.75) is 49.6 Å². The maximum absolute atomic E-state index is 13.3. The van der Waals surface area contributed by atoms with Crippen molar-refractivity contribution >= 4 is 28.6 Å². The third kappa shape index (κ3) is 5.53. The molecule has 6 nitrogen and oxygen atoms in total. The Kier molecular flexibility index (Phi) is 8.06. The summed E-state index contributed by atoms with van der Waals surface area (Å²) in [4.78, 5) is 33.3. The maximum Gasteiger partial charge on any atom is 0.262 e. The van der Waals surface area contributed by atoms with E-state index in [0.717, 1.165) is 32.4 Å². The van der Waals surface area contributed by atoms with Crippen LogP contribution in [0.3, 0.4) is 0 Å². The summed E-state index contributed by atoms with van der Waals surface area (Å²) in [5.74, 6) is 0.716. The van der Waals surface area contributed by atoms with Crippen LogP contribution in [0.5, 0.6) is 0 Å². The quantitative estimate of drug-likeness (QED) is 0.350. The predicted molar refractivity (Wildman–Crippen MR) is 137 cm³/mol. The van der Waals surface area contributed by atoms with Crippen LogP contribution >= 0.6 is 11.8 Å². The molecule has 1 fully saturated rings. The van der Waals surface area contributed by atoms with Gasteiger partial charge >= 0.3 is 0 Å². The molecule has 1 aliphatic rings. The van der Waals surface area contributed by atoms with E-state index in [1.165, 1.54) is 17.3 Å². The molecule has 2 aromatic carbocycles. The van der Waals surface area contributed by atoms with E-state index in [2.05, 4.69) is 24.3 Å². The van der Waals surface area contributed by atoms with Crippen LogP contribution in [-0.4, -0.2) is 52.4 Å². The van der Waals surface area contributed by atoms with Gasteiger partial charge in [0.2, 0.25) is 5.91 Å². The van der Waals surface area contributed by atoms with Gasteiger partial charge in [0.05, 0.1) is 28.8 Å². The molecule has 1 amide bonds. The minimum atomic E-state index is -0.334. The molecule has 1 aromatic heterocycles. The fraction of sp³-hybridized carbons (Fsp3) is 0.444. The van der Waals surface area contributed by atoms with Crippen molar-refractivity contribution in [3.63, 3.8) is 0 Å². The van der Waals surface area contributed by atoms with E-state index < -0.39 is 0 Å². The number of piperidine rings is 1. The highest BCUT2D eigenvalue weighted by Crippen LogP contribution is 2.28. The van der Waals surface area contributed by atoms with Crippen LogP contribution in [-0.2, 0) is 16.0 Å². The second kappa shape index (κ2) is 11.2. The molecule has 0 aliphatic carbocycles. The Hall–Kier alpha value is -2.64. The standard InChI is InChI=1S/C27H33N3O3S/c1-19(18-33-3)30-26(32)23-11-7-8-12-24(23)28-27(30)34-20(2)25(31)29-15-13-22(14-16-29)17-21-9-5-4-6-10-21/h4-12,19-20,22H,13-18H2,1-3H3. The average Bonchev–Trinajstić information content (AvgIpc) is 2.85. The van der Waals surface area contributed by atoms with Crippen LogP contribution in [0, 0.1) is 5.92 Å². The van der Waals surface area contributed by atoms with Gasteiger partial charge in [0.25, 0.3) is 5.56 Å². The largest absolute Gasteiger partial charge is 0.383 e. The first-order valence-electron chi connectivity index (χ1n) is 12.0. The zero-order valence-corrected chi connectivity index (χ0v) is 21.0. The van der Waals surface area contributed by atoms with Crippen molar-refractivity contribution in [3.8, 4) is 0 Å². The lowest BCUT2D eigenvalue weighted by Crippen LogP contribution is -2.42. The van der Waals surface area contributed by atoms with Gasteiger partial charge in [-0.3, -0.25) is 14.2 Å². The number of hydrogen-bond acceptors (Lipinski definition) is 5. The molecule has 34 heavy (non-hydrogen) atoms. The number of methoxy groups -OCH3 is 1. The molecule has 0 N–H and O–H groups in total. The van der Waals surface area contributed by atoms with E-state index in [1.54, 1.807) is 17.7 Å². The molecule has 0 bridgehead atoms. The number of ether oxygens (including phenoxy) is 1. The summed E-state index contributed by atoms with van der Waals surface area (Å²) in [5.41, 5.74) is 1.91. The van der Waals surface area contributed by atoms with E-state index >= 15 is 0 Å². The molecule has 2 heterocycles. The molecule has 1 saturated heterocycles. The molecule has 0 saturated carbocycles. The molecular weight excluding hydrogens is 446 g/mol. The minimum Gasteiger partial charge on any atom is -0.383 e. The number of amides is 1. The van der Waals surface area contributed by atoms with Gasteiger partial charge in [-0.15, -0.1) is 0 Å². The lowest BCUT2D eigenvalue weighted by Gasteiger charge is -2.33. The van der Waals surface area contributed by atoms with Crippen LogP contribution in [0.2, 0.25) is 0 Å². The van der Waals surface area contributed by atoms with E-state index in [4.69, 9.17) is 9.72 Å². The number of fused-ring (bicyclic) bond motifs is 1. The Morgan fingerprint density at radius 2 is 1.76 bits per heavy atom. The number of aromatic nitrogens is 2. The van der Waals surface area contributed by atoms with Gasteiger partial charge in [-0.2, -0.15) is 0 Å². The summed E-state index contributed by atoms with van der Waals surface area (Å²) in [6.45, 7) is 5.80. The number of hydrogen-bond donors (Lipinski definition) is 0. The first-order valence-corrected chi connectivity index (χ1v) is 12.9. The number of thioether (sulfide) groups is 1. The maximum atomic E-state index is 13.3. The fourth-order valence-corrected chi connectivity index (χ4v) is 5.78. The highest BCUT2D eigenvalue weighted by Gasteiger charge is 2.28. The number of rotatable bonds is 8. The number of nitrogens with zero attached hydrogens (tertiary/aromatic N) is 3. The second-order valence-corrected chi connectivity index (χ2v) is 10.4. The molecule has 1 aliphatic heterocycles. The van der Waals surface area contributed by atoms with Crippen LogP contribution in [0.15, 0.2) is 64.5 Å². The Balaban J connectivity index is 1.46. The van der Waals surface area contributed by atoms with Gasteiger partial charge in [-0.1, -0.05) is 54.2 Å². The summed E-state index contributed by atoms with van der Waals surface area (Å²) in [6, 6.07) is 17.7. The lowest BCUT2D eigenvalue weighted by atomic mass is 9.90. The van der Waals surface area contributed by atoms with Crippen molar-refractivity contribution in [1.82, 2.24) is 14.5 Å². The predicted octanol–water partition coefficient (Wildman–Crippen LogP) is 4.57. The fourth-order valence-electron chi connectivity index (χ4n) is 4.68. The van der Waals surface area contributed by atoms with E-state index in [9.17, 15) is 9.59 Å². The molecule has 0 radical (unpaired) electrons. The van der Waals surface area contributed by atoms with Crippen molar-refractivity contribution in [3.05, 3.63) is 70.5 Å². The van der Waals surface area contributed by atoms with Gasteiger partial charge < -0.3 is 9.64 Å². The third-order valence-corrected chi connectivity index (χ3v) is 7.60. The first-order chi connectivity index (χ1) is 16.5. The number of para-hydroxylation sites is 1. The van der Waals surface area contributed by atoms with E-state index in [0.29, 0.717) is 28.6 Å². The number of benzene rings is 2. The molecule has 3 aromatic rings. The summed E-state index contributed by atoms with van der Waals surface area (Å²) >= 11 is 1.36. The Morgan fingerprint density at radius 3 is 2.47 bits per heavy atom.